The first kappa shape index (κ1) is 29.9. The van der Waals surface area contributed by atoms with Crippen LogP contribution in [0.4, 0.5) is 10.1 Å². The predicted octanol–water partition coefficient (Wildman–Crippen LogP) is 5.70. The van der Waals surface area contributed by atoms with E-state index in [1.54, 1.807) is 12.1 Å². The molecular weight excluding hydrogens is 534 g/mol. The second-order valence-electron chi connectivity index (χ2n) is 10.8. The largest absolute Gasteiger partial charge is 0.481 e. The lowest BCUT2D eigenvalue weighted by molar-refractivity contribution is -0.146. The number of benzene rings is 2. The van der Waals surface area contributed by atoms with Crippen molar-refractivity contribution in [3.05, 3.63) is 63.4 Å². The summed E-state index contributed by atoms with van der Waals surface area (Å²) in [4.78, 5) is 40.8. The minimum atomic E-state index is -1.37. The zero-order valence-corrected chi connectivity index (χ0v) is 23.2. The Balaban J connectivity index is 1.88. The maximum atomic E-state index is 14.0. The number of piperidine rings is 1. The molecule has 38 heavy (non-hydrogen) atoms. The molecule has 0 radical (unpaired) electrons. The van der Waals surface area contributed by atoms with Crippen molar-refractivity contribution in [3.63, 3.8) is 0 Å². The van der Waals surface area contributed by atoms with Crippen molar-refractivity contribution in [2.24, 2.45) is 11.3 Å². The highest BCUT2D eigenvalue weighted by Gasteiger charge is 2.31. The summed E-state index contributed by atoms with van der Waals surface area (Å²) in [5, 5.41) is 21.0. The molecule has 1 saturated heterocycles. The maximum Gasteiger partial charge on any atom is 0.308 e. The molecule has 0 spiro atoms. The van der Waals surface area contributed by atoms with Gasteiger partial charge in [0.1, 0.15) is 11.9 Å². The maximum absolute atomic E-state index is 14.0. The normalized spacial score (nSPS) is 16.7. The highest BCUT2D eigenvalue weighted by atomic mass is 35.5. The van der Waals surface area contributed by atoms with Gasteiger partial charge < -0.3 is 20.0 Å². The van der Waals surface area contributed by atoms with E-state index in [1.807, 2.05) is 20.8 Å². The predicted molar refractivity (Wildman–Crippen MR) is 145 cm³/mol. The van der Waals surface area contributed by atoms with Gasteiger partial charge in [-0.15, -0.1) is 0 Å². The van der Waals surface area contributed by atoms with E-state index in [1.165, 1.54) is 28.0 Å². The first-order chi connectivity index (χ1) is 17.8. The van der Waals surface area contributed by atoms with Crippen LogP contribution in [-0.4, -0.2) is 52.5 Å². The minimum absolute atomic E-state index is 0.0764. The lowest BCUT2D eigenvalue weighted by atomic mass is 9.93. The number of carboxylic acids is 1. The topological polar surface area (TPSA) is 98.2 Å². The fourth-order valence-corrected chi connectivity index (χ4v) is 4.98. The molecule has 1 fully saturated rings. The molecule has 2 aromatic rings. The molecule has 0 aliphatic carbocycles. The molecule has 7 nitrogen and oxygen atoms in total. The van der Waals surface area contributed by atoms with Crippen LogP contribution in [0.2, 0.25) is 10.0 Å². The SMILES string of the molecule is CC(C)(C)CN(C(=O)CCC(=O)N1CCCC(C(=O)O)C1)c1ccc(Cl)cc1C(O)c1cc(F)ccc1Cl. The molecule has 1 heterocycles. The second-order valence-corrected chi connectivity index (χ2v) is 11.7. The number of rotatable bonds is 8. The van der Waals surface area contributed by atoms with Crippen molar-refractivity contribution in [1.82, 2.24) is 4.90 Å². The highest BCUT2D eigenvalue weighted by molar-refractivity contribution is 6.31. The third-order valence-electron chi connectivity index (χ3n) is 6.44. The number of carboxylic acid groups (broad SMARTS) is 1. The van der Waals surface area contributed by atoms with Crippen LogP contribution in [-0.2, 0) is 14.4 Å². The van der Waals surface area contributed by atoms with Crippen LogP contribution in [0.3, 0.4) is 0 Å². The summed E-state index contributed by atoms with van der Waals surface area (Å²) in [7, 11) is 0. The summed E-state index contributed by atoms with van der Waals surface area (Å²) in [6.07, 6.45) is -0.435. The van der Waals surface area contributed by atoms with E-state index < -0.39 is 23.8 Å². The van der Waals surface area contributed by atoms with Crippen molar-refractivity contribution in [2.45, 2.75) is 52.6 Å². The molecule has 0 saturated carbocycles. The summed E-state index contributed by atoms with van der Waals surface area (Å²) in [6.45, 7) is 6.72. The van der Waals surface area contributed by atoms with Crippen LogP contribution in [0.1, 0.15) is 63.7 Å². The van der Waals surface area contributed by atoms with Crippen molar-refractivity contribution in [1.29, 1.82) is 0 Å². The third-order valence-corrected chi connectivity index (χ3v) is 7.02. The monoisotopic (exact) mass is 566 g/mol. The number of nitrogens with zero attached hydrogens (tertiary/aromatic N) is 2. The van der Waals surface area contributed by atoms with Gasteiger partial charge in [-0.2, -0.15) is 0 Å². The molecule has 2 aromatic carbocycles. The summed E-state index contributed by atoms with van der Waals surface area (Å²) in [5.74, 6) is -2.73. The molecule has 3 rings (SSSR count). The number of aliphatic hydroxyl groups excluding tert-OH is 1. The second kappa shape index (κ2) is 12.5. The Bertz CT molecular complexity index is 1200. The number of likely N-dealkylation sites (tertiary alicyclic amines) is 1. The van der Waals surface area contributed by atoms with Crippen molar-refractivity contribution < 1.29 is 29.0 Å². The standard InChI is InChI=1S/C28H33Cl2FN2O5/c1-28(2,3)16-33(25(35)11-10-24(34)32-12-4-5-17(15-32)27(37)38)23-9-6-18(29)13-21(23)26(36)20-14-19(31)7-8-22(20)30/h6-9,13-14,17,26,36H,4-5,10-12,15-16H2,1-3H3,(H,37,38). The van der Waals surface area contributed by atoms with Crippen LogP contribution >= 0.6 is 23.2 Å². The summed E-state index contributed by atoms with van der Waals surface area (Å²) in [5.41, 5.74) is 0.430. The number of hydrogen-bond acceptors (Lipinski definition) is 4. The molecule has 10 heteroatoms. The van der Waals surface area contributed by atoms with Crippen molar-refractivity contribution in [3.8, 4) is 0 Å². The van der Waals surface area contributed by atoms with Gasteiger partial charge in [-0.05, 0) is 54.7 Å². The van der Waals surface area contributed by atoms with Crippen LogP contribution in [0.25, 0.3) is 0 Å². The van der Waals surface area contributed by atoms with Gasteiger partial charge in [-0.25, -0.2) is 4.39 Å². The number of anilines is 1. The molecule has 2 atom stereocenters. The van der Waals surface area contributed by atoms with Crippen LogP contribution < -0.4 is 4.90 Å². The van der Waals surface area contributed by atoms with Gasteiger partial charge in [0.15, 0.2) is 0 Å². The van der Waals surface area contributed by atoms with E-state index >= 15 is 0 Å². The van der Waals surface area contributed by atoms with Gasteiger partial charge >= 0.3 is 5.97 Å². The summed E-state index contributed by atoms with van der Waals surface area (Å²) < 4.78 is 14.0. The quantitative estimate of drug-likeness (QED) is 0.427. The van der Waals surface area contributed by atoms with E-state index in [4.69, 9.17) is 23.2 Å². The number of aliphatic hydroxyl groups is 1. The van der Waals surface area contributed by atoms with E-state index in [-0.39, 0.29) is 59.3 Å². The van der Waals surface area contributed by atoms with Gasteiger partial charge in [0.25, 0.3) is 0 Å². The van der Waals surface area contributed by atoms with Crippen LogP contribution in [0.5, 0.6) is 0 Å². The molecule has 2 N–H and O–H groups in total. The molecule has 0 bridgehead atoms. The molecule has 0 aromatic heterocycles. The number of hydrogen-bond donors (Lipinski definition) is 2. The molecule has 2 unspecified atom stereocenters. The first-order valence-corrected chi connectivity index (χ1v) is 13.3. The zero-order chi connectivity index (χ0) is 28.2. The van der Waals surface area contributed by atoms with Gasteiger partial charge in [0.2, 0.25) is 11.8 Å². The molecule has 1 aliphatic rings. The Kier molecular flexibility index (Phi) is 9.79. The van der Waals surface area contributed by atoms with Gasteiger partial charge in [-0.3, -0.25) is 14.4 Å². The lowest BCUT2D eigenvalue weighted by Gasteiger charge is -2.33. The molecule has 2 amide bonds. The Labute approximate surface area is 232 Å². The lowest BCUT2D eigenvalue weighted by Crippen LogP contribution is -2.43. The Morgan fingerprint density at radius 2 is 1.82 bits per heavy atom. The minimum Gasteiger partial charge on any atom is -0.481 e. The number of carbonyl (C=O) groups excluding carboxylic acids is 2. The number of halogens is 3. The van der Waals surface area contributed by atoms with Gasteiger partial charge in [-0.1, -0.05) is 44.0 Å². The van der Waals surface area contributed by atoms with Crippen LogP contribution in [0, 0.1) is 17.2 Å². The highest BCUT2D eigenvalue weighted by Crippen LogP contribution is 2.37. The van der Waals surface area contributed by atoms with E-state index in [0.717, 1.165) is 6.07 Å². The smallest absolute Gasteiger partial charge is 0.308 e. The number of carbonyl (C=O) groups is 3. The fourth-order valence-electron chi connectivity index (χ4n) is 4.58. The van der Waals surface area contributed by atoms with Crippen molar-refractivity contribution >= 4 is 46.7 Å². The third kappa shape index (κ3) is 7.68. The molecule has 206 valence electrons. The summed E-state index contributed by atoms with van der Waals surface area (Å²) in [6, 6.07) is 8.38. The Morgan fingerprint density at radius 1 is 1.11 bits per heavy atom. The average Bonchev–Trinajstić information content (AvgIpc) is 2.86. The molecular formula is C28H33Cl2FN2O5. The Morgan fingerprint density at radius 3 is 2.47 bits per heavy atom. The van der Waals surface area contributed by atoms with Crippen molar-refractivity contribution in [2.75, 3.05) is 24.5 Å². The number of amides is 2. The number of aliphatic carboxylic acids is 1. The van der Waals surface area contributed by atoms with Gasteiger partial charge in [0, 0.05) is 59.3 Å². The van der Waals surface area contributed by atoms with Gasteiger partial charge in [0.05, 0.1) is 5.92 Å². The average molecular weight is 567 g/mol. The summed E-state index contributed by atoms with van der Waals surface area (Å²) >= 11 is 12.5. The first-order valence-electron chi connectivity index (χ1n) is 12.5. The molecule has 1 aliphatic heterocycles. The van der Waals surface area contributed by atoms with E-state index in [0.29, 0.717) is 30.1 Å². The van der Waals surface area contributed by atoms with E-state index in [2.05, 4.69) is 0 Å². The zero-order valence-electron chi connectivity index (χ0n) is 21.7. The van der Waals surface area contributed by atoms with Crippen LogP contribution in [0.15, 0.2) is 36.4 Å². The Hall–Kier alpha value is -2.68. The fraction of sp³-hybridized carbons (Fsp3) is 0.464. The van der Waals surface area contributed by atoms with E-state index in [9.17, 15) is 29.0 Å².